The maximum absolute atomic E-state index is 11.6. The molecule has 3 N–H and O–H groups in total. The zero-order valence-corrected chi connectivity index (χ0v) is 11.2. The van der Waals surface area contributed by atoms with E-state index in [0.717, 1.165) is 30.1 Å². The molecular formula is C14H19N3O2. The molecule has 1 aromatic rings. The van der Waals surface area contributed by atoms with Crippen LogP contribution in [0.25, 0.3) is 0 Å². The monoisotopic (exact) mass is 261 g/mol. The molecule has 1 fully saturated rings. The van der Waals surface area contributed by atoms with Gasteiger partial charge in [-0.05, 0) is 31.5 Å². The predicted octanol–water partition coefficient (Wildman–Crippen LogP) is 1.03. The van der Waals surface area contributed by atoms with Gasteiger partial charge in [-0.15, -0.1) is 0 Å². The van der Waals surface area contributed by atoms with E-state index in [1.165, 1.54) is 0 Å². The van der Waals surface area contributed by atoms with Gasteiger partial charge in [0.25, 0.3) is 5.91 Å². The fraction of sp³-hybridized carbons (Fsp3) is 0.500. The van der Waals surface area contributed by atoms with Gasteiger partial charge in [0.15, 0.2) is 6.10 Å². The first-order chi connectivity index (χ1) is 9.15. The minimum absolute atomic E-state index is 0.0903. The highest BCUT2D eigenvalue weighted by molar-refractivity contribution is 5.97. The molecule has 1 amide bonds. The maximum Gasteiger partial charge on any atom is 0.265 e. The van der Waals surface area contributed by atoms with Crippen LogP contribution >= 0.6 is 0 Å². The number of nitrogens with one attached hydrogen (secondary N) is 3. The van der Waals surface area contributed by atoms with Crippen molar-refractivity contribution >= 4 is 11.6 Å². The lowest BCUT2D eigenvalue weighted by Gasteiger charge is -2.32. The topological polar surface area (TPSA) is 62.4 Å². The summed E-state index contributed by atoms with van der Waals surface area (Å²) in [6.07, 6.45) is -0.424. The fourth-order valence-electron chi connectivity index (χ4n) is 2.65. The second kappa shape index (κ2) is 4.83. The molecule has 5 nitrogen and oxygen atoms in total. The Bertz CT molecular complexity index is 503. The Hall–Kier alpha value is -1.59. The number of ether oxygens (including phenoxy) is 1. The Balaban J connectivity index is 1.89. The van der Waals surface area contributed by atoms with Crippen LogP contribution in [0.4, 0.5) is 5.69 Å². The van der Waals surface area contributed by atoms with Crippen molar-refractivity contribution in [2.24, 2.45) is 0 Å². The number of hydrogen-bond acceptors (Lipinski definition) is 4. The maximum atomic E-state index is 11.6. The standard InChI is InChI=1S/C14H19N3O2/c1-8-13(16-6-5-15-8)10-3-4-12-11(7-10)17-14(18)9(2)19-12/h3-4,7-9,13,15-16H,5-6H2,1-2H3,(H,17,18). The van der Waals surface area contributed by atoms with Crippen LogP contribution in [0.1, 0.15) is 25.5 Å². The molecule has 0 saturated carbocycles. The van der Waals surface area contributed by atoms with Gasteiger partial charge in [0, 0.05) is 25.2 Å². The van der Waals surface area contributed by atoms with Crippen LogP contribution < -0.4 is 20.7 Å². The van der Waals surface area contributed by atoms with Gasteiger partial charge in [0.1, 0.15) is 5.75 Å². The Morgan fingerprint density at radius 2 is 2.00 bits per heavy atom. The Morgan fingerprint density at radius 3 is 2.79 bits per heavy atom. The molecule has 2 heterocycles. The molecule has 0 aromatic heterocycles. The third-order valence-corrected chi connectivity index (χ3v) is 3.75. The Labute approximate surface area is 112 Å². The van der Waals surface area contributed by atoms with Crippen molar-refractivity contribution in [3.63, 3.8) is 0 Å². The third kappa shape index (κ3) is 2.31. The number of anilines is 1. The lowest BCUT2D eigenvalue weighted by molar-refractivity contribution is -0.122. The van der Waals surface area contributed by atoms with Crippen LogP contribution in [0.3, 0.4) is 0 Å². The molecule has 5 heteroatoms. The Kier molecular flexibility index (Phi) is 3.16. The number of hydrogen-bond donors (Lipinski definition) is 3. The Morgan fingerprint density at radius 1 is 1.21 bits per heavy atom. The summed E-state index contributed by atoms with van der Waals surface area (Å²) in [6, 6.07) is 6.62. The first-order valence-corrected chi connectivity index (χ1v) is 6.73. The summed E-state index contributed by atoms with van der Waals surface area (Å²) in [5.41, 5.74) is 1.93. The second-order valence-corrected chi connectivity index (χ2v) is 5.18. The van der Waals surface area contributed by atoms with Crippen LogP contribution in [-0.4, -0.2) is 31.1 Å². The molecule has 2 aliphatic rings. The van der Waals surface area contributed by atoms with Crippen LogP contribution in [0.2, 0.25) is 0 Å². The zero-order chi connectivity index (χ0) is 13.4. The van der Waals surface area contributed by atoms with Gasteiger partial charge in [-0.3, -0.25) is 4.79 Å². The molecular weight excluding hydrogens is 242 g/mol. The largest absolute Gasteiger partial charge is 0.479 e. The molecule has 0 bridgehead atoms. The van der Waals surface area contributed by atoms with Crippen LogP contribution in [0.5, 0.6) is 5.75 Å². The summed E-state index contributed by atoms with van der Waals surface area (Å²) in [5.74, 6) is 0.652. The lowest BCUT2D eigenvalue weighted by Crippen LogP contribution is -2.49. The van der Waals surface area contributed by atoms with E-state index in [-0.39, 0.29) is 11.9 Å². The number of benzene rings is 1. The highest BCUT2D eigenvalue weighted by atomic mass is 16.5. The normalized spacial score (nSPS) is 30.2. The van der Waals surface area contributed by atoms with Gasteiger partial charge in [0.05, 0.1) is 5.69 Å². The van der Waals surface area contributed by atoms with Gasteiger partial charge in [-0.25, -0.2) is 0 Å². The smallest absolute Gasteiger partial charge is 0.265 e. The zero-order valence-electron chi connectivity index (χ0n) is 11.2. The summed E-state index contributed by atoms with van der Waals surface area (Å²) in [7, 11) is 0. The highest BCUT2D eigenvalue weighted by Crippen LogP contribution is 2.33. The summed E-state index contributed by atoms with van der Waals surface area (Å²) in [4.78, 5) is 11.6. The van der Waals surface area contributed by atoms with Crippen molar-refractivity contribution in [3.05, 3.63) is 23.8 Å². The third-order valence-electron chi connectivity index (χ3n) is 3.75. The molecule has 0 radical (unpaired) electrons. The van der Waals surface area contributed by atoms with E-state index >= 15 is 0 Å². The second-order valence-electron chi connectivity index (χ2n) is 5.18. The minimum atomic E-state index is -0.424. The van der Waals surface area contributed by atoms with E-state index < -0.39 is 6.10 Å². The molecule has 0 spiro atoms. The average Bonchev–Trinajstić information content (AvgIpc) is 2.40. The lowest BCUT2D eigenvalue weighted by atomic mass is 9.97. The molecule has 2 aliphatic heterocycles. The summed E-state index contributed by atoms with van der Waals surface area (Å²) >= 11 is 0. The quantitative estimate of drug-likeness (QED) is 0.706. The average molecular weight is 261 g/mol. The molecule has 3 atom stereocenters. The minimum Gasteiger partial charge on any atom is -0.479 e. The van der Waals surface area contributed by atoms with E-state index in [1.807, 2.05) is 12.1 Å². The van der Waals surface area contributed by atoms with E-state index in [4.69, 9.17) is 4.74 Å². The van der Waals surface area contributed by atoms with Crippen molar-refractivity contribution < 1.29 is 9.53 Å². The number of piperazine rings is 1. The van der Waals surface area contributed by atoms with Gasteiger partial charge < -0.3 is 20.7 Å². The van der Waals surface area contributed by atoms with Gasteiger partial charge in [-0.2, -0.15) is 0 Å². The van der Waals surface area contributed by atoms with E-state index in [9.17, 15) is 4.79 Å². The number of fused-ring (bicyclic) bond motifs is 1. The van der Waals surface area contributed by atoms with Crippen molar-refractivity contribution in [1.29, 1.82) is 0 Å². The summed E-state index contributed by atoms with van der Waals surface area (Å²) < 4.78 is 5.57. The van der Waals surface area contributed by atoms with Crippen molar-refractivity contribution in [2.75, 3.05) is 18.4 Å². The van der Waals surface area contributed by atoms with Crippen LogP contribution in [-0.2, 0) is 4.79 Å². The van der Waals surface area contributed by atoms with Gasteiger partial charge in [0.2, 0.25) is 0 Å². The van der Waals surface area contributed by atoms with Gasteiger partial charge in [-0.1, -0.05) is 6.07 Å². The summed E-state index contributed by atoms with van der Waals surface area (Å²) in [5, 5.41) is 9.83. The molecule has 3 unspecified atom stereocenters. The van der Waals surface area contributed by atoms with Crippen LogP contribution in [0, 0.1) is 0 Å². The summed E-state index contributed by atoms with van der Waals surface area (Å²) in [6.45, 7) is 5.85. The molecule has 1 aromatic carbocycles. The van der Waals surface area contributed by atoms with Crippen molar-refractivity contribution in [3.8, 4) is 5.75 Å². The van der Waals surface area contributed by atoms with Crippen molar-refractivity contribution in [1.82, 2.24) is 10.6 Å². The SMILES string of the molecule is CC1Oc2ccc(C3NCCNC3C)cc2NC1=O. The molecule has 0 aliphatic carbocycles. The molecule has 1 saturated heterocycles. The number of carbonyl (C=O) groups is 1. The number of amides is 1. The predicted molar refractivity (Wildman–Crippen MR) is 73.4 cm³/mol. The van der Waals surface area contributed by atoms with E-state index in [2.05, 4.69) is 28.9 Å². The highest BCUT2D eigenvalue weighted by Gasteiger charge is 2.26. The number of rotatable bonds is 1. The van der Waals surface area contributed by atoms with E-state index in [0.29, 0.717) is 6.04 Å². The molecule has 102 valence electrons. The molecule has 3 rings (SSSR count). The fourth-order valence-corrected chi connectivity index (χ4v) is 2.65. The van der Waals surface area contributed by atoms with Crippen molar-refractivity contribution in [2.45, 2.75) is 32.0 Å². The first-order valence-electron chi connectivity index (χ1n) is 6.73. The number of carbonyl (C=O) groups excluding carboxylic acids is 1. The van der Waals surface area contributed by atoms with E-state index in [1.54, 1.807) is 6.92 Å². The first kappa shape index (κ1) is 12.4. The molecule has 19 heavy (non-hydrogen) atoms. The van der Waals surface area contributed by atoms with Gasteiger partial charge >= 0.3 is 0 Å². The van der Waals surface area contributed by atoms with Crippen LogP contribution in [0.15, 0.2) is 18.2 Å².